The van der Waals surface area contributed by atoms with Crippen molar-refractivity contribution in [1.29, 1.82) is 0 Å². The van der Waals surface area contributed by atoms with Gasteiger partial charge in [0.1, 0.15) is 0 Å². The molecular weight excluding hydrogens is 250 g/mol. The van der Waals surface area contributed by atoms with E-state index in [2.05, 4.69) is 44.0 Å². The van der Waals surface area contributed by atoms with Gasteiger partial charge >= 0.3 is 0 Å². The molecule has 20 heavy (non-hydrogen) atoms. The summed E-state index contributed by atoms with van der Waals surface area (Å²) in [6.45, 7) is 6.93. The smallest absolute Gasteiger partial charge is 0.0802 e. The summed E-state index contributed by atoms with van der Waals surface area (Å²) < 4.78 is 5.64. The standard InChI is InChI=1S/C17H27NO2/c1-13-9-14(2)11-15(10-13)17(19)6-7-18(3)12-16-5-4-8-20-16/h9-11,16-17,19H,4-8,12H2,1-3H3. The predicted octanol–water partition coefficient (Wildman–Crippen LogP) is 2.84. The third-order valence-electron chi connectivity index (χ3n) is 3.95. The zero-order valence-electron chi connectivity index (χ0n) is 12.9. The lowest BCUT2D eigenvalue weighted by molar-refractivity contribution is 0.0740. The van der Waals surface area contributed by atoms with Crippen LogP contribution in [0.5, 0.6) is 0 Å². The molecule has 112 valence electrons. The average molecular weight is 277 g/mol. The van der Waals surface area contributed by atoms with Crippen molar-refractivity contribution in [2.45, 2.75) is 45.3 Å². The van der Waals surface area contributed by atoms with E-state index < -0.39 is 0 Å². The molecule has 1 aliphatic heterocycles. The molecular formula is C17H27NO2. The summed E-state index contributed by atoms with van der Waals surface area (Å²) in [5.74, 6) is 0. The fourth-order valence-corrected chi connectivity index (χ4v) is 2.94. The molecule has 3 nitrogen and oxygen atoms in total. The minimum atomic E-state index is -0.374. The van der Waals surface area contributed by atoms with Crippen LogP contribution in [0.4, 0.5) is 0 Å². The molecule has 0 radical (unpaired) electrons. The van der Waals surface area contributed by atoms with Gasteiger partial charge in [-0.1, -0.05) is 29.3 Å². The van der Waals surface area contributed by atoms with Crippen molar-refractivity contribution in [3.05, 3.63) is 34.9 Å². The number of ether oxygens (including phenoxy) is 1. The van der Waals surface area contributed by atoms with Gasteiger partial charge in [-0.05, 0) is 45.7 Å². The molecule has 1 heterocycles. The predicted molar refractivity (Wildman–Crippen MR) is 82.0 cm³/mol. The number of aliphatic hydroxyl groups is 1. The number of rotatable bonds is 6. The summed E-state index contributed by atoms with van der Waals surface area (Å²) in [7, 11) is 2.11. The number of hydrogen-bond acceptors (Lipinski definition) is 3. The lowest BCUT2D eigenvalue weighted by atomic mass is 10.0. The van der Waals surface area contributed by atoms with Gasteiger partial charge < -0.3 is 14.7 Å². The van der Waals surface area contributed by atoms with Crippen LogP contribution in [0.15, 0.2) is 18.2 Å². The van der Waals surface area contributed by atoms with Crippen molar-refractivity contribution in [2.24, 2.45) is 0 Å². The maximum Gasteiger partial charge on any atom is 0.0802 e. The van der Waals surface area contributed by atoms with Crippen molar-refractivity contribution in [3.8, 4) is 0 Å². The van der Waals surface area contributed by atoms with Crippen molar-refractivity contribution in [1.82, 2.24) is 4.90 Å². The molecule has 2 rings (SSSR count). The average Bonchev–Trinajstić information content (AvgIpc) is 2.87. The Hall–Kier alpha value is -0.900. The van der Waals surface area contributed by atoms with Gasteiger partial charge in [-0.3, -0.25) is 0 Å². The van der Waals surface area contributed by atoms with Gasteiger partial charge in [-0.2, -0.15) is 0 Å². The number of hydrogen-bond donors (Lipinski definition) is 1. The van der Waals surface area contributed by atoms with Crippen LogP contribution in [0.1, 0.15) is 42.1 Å². The van der Waals surface area contributed by atoms with Crippen LogP contribution in [0.3, 0.4) is 0 Å². The lowest BCUT2D eigenvalue weighted by Crippen LogP contribution is -2.30. The summed E-state index contributed by atoms with van der Waals surface area (Å²) in [5, 5.41) is 10.3. The van der Waals surface area contributed by atoms with Crippen LogP contribution in [0, 0.1) is 13.8 Å². The second-order valence-electron chi connectivity index (χ2n) is 6.12. The van der Waals surface area contributed by atoms with E-state index in [9.17, 15) is 5.11 Å². The molecule has 0 spiro atoms. The van der Waals surface area contributed by atoms with Gasteiger partial charge in [0.25, 0.3) is 0 Å². The quantitative estimate of drug-likeness (QED) is 0.868. The van der Waals surface area contributed by atoms with Gasteiger partial charge in [0, 0.05) is 19.7 Å². The molecule has 1 aliphatic rings. The first-order chi connectivity index (χ1) is 9.54. The van der Waals surface area contributed by atoms with E-state index in [-0.39, 0.29) is 6.10 Å². The second-order valence-corrected chi connectivity index (χ2v) is 6.12. The van der Waals surface area contributed by atoms with Crippen LogP contribution in [0.2, 0.25) is 0 Å². The molecule has 1 aromatic carbocycles. The van der Waals surface area contributed by atoms with E-state index in [0.717, 1.165) is 31.7 Å². The van der Waals surface area contributed by atoms with Gasteiger partial charge in [0.15, 0.2) is 0 Å². The fourth-order valence-electron chi connectivity index (χ4n) is 2.94. The van der Waals surface area contributed by atoms with E-state index in [0.29, 0.717) is 6.10 Å². The van der Waals surface area contributed by atoms with Crippen molar-refractivity contribution in [2.75, 3.05) is 26.7 Å². The second kappa shape index (κ2) is 7.21. The minimum absolute atomic E-state index is 0.374. The summed E-state index contributed by atoms with van der Waals surface area (Å²) in [6, 6.07) is 6.30. The molecule has 1 aromatic rings. The SMILES string of the molecule is Cc1cc(C)cc(C(O)CCN(C)CC2CCCO2)c1. The van der Waals surface area contributed by atoms with Gasteiger partial charge in [0.2, 0.25) is 0 Å². The zero-order valence-corrected chi connectivity index (χ0v) is 12.9. The number of likely N-dealkylation sites (N-methyl/N-ethyl adjacent to an activating group) is 1. The Bertz CT molecular complexity index is 407. The third-order valence-corrected chi connectivity index (χ3v) is 3.95. The highest BCUT2D eigenvalue weighted by Gasteiger charge is 2.18. The molecule has 0 saturated carbocycles. The summed E-state index contributed by atoms with van der Waals surface area (Å²) in [4.78, 5) is 2.27. The van der Waals surface area contributed by atoms with Crippen molar-refractivity contribution < 1.29 is 9.84 Å². The van der Waals surface area contributed by atoms with Crippen molar-refractivity contribution in [3.63, 3.8) is 0 Å². The first-order valence-electron chi connectivity index (χ1n) is 7.61. The Labute approximate surface area is 122 Å². The third kappa shape index (κ3) is 4.58. The molecule has 1 saturated heterocycles. The Kier molecular flexibility index (Phi) is 5.58. The largest absolute Gasteiger partial charge is 0.388 e. The van der Waals surface area contributed by atoms with Crippen molar-refractivity contribution >= 4 is 0 Å². The number of aliphatic hydroxyl groups excluding tert-OH is 1. The molecule has 3 heteroatoms. The monoisotopic (exact) mass is 277 g/mol. The van der Waals surface area contributed by atoms with E-state index >= 15 is 0 Å². The van der Waals surface area contributed by atoms with E-state index in [1.54, 1.807) is 0 Å². The minimum Gasteiger partial charge on any atom is -0.388 e. The molecule has 0 bridgehead atoms. The topological polar surface area (TPSA) is 32.7 Å². The van der Waals surface area contributed by atoms with Crippen LogP contribution < -0.4 is 0 Å². The summed E-state index contributed by atoms with van der Waals surface area (Å²) in [5.41, 5.74) is 3.46. The van der Waals surface area contributed by atoms with E-state index in [1.165, 1.54) is 24.0 Å². The Morgan fingerprint density at radius 1 is 1.30 bits per heavy atom. The number of benzene rings is 1. The van der Waals surface area contributed by atoms with E-state index in [4.69, 9.17) is 4.74 Å². The highest BCUT2D eigenvalue weighted by atomic mass is 16.5. The van der Waals surface area contributed by atoms with Gasteiger partial charge in [0.05, 0.1) is 12.2 Å². The van der Waals surface area contributed by atoms with E-state index in [1.807, 2.05) is 0 Å². The lowest BCUT2D eigenvalue weighted by Gasteiger charge is -2.22. The first kappa shape index (κ1) is 15.5. The molecule has 0 aromatic heterocycles. The Morgan fingerprint density at radius 2 is 2.00 bits per heavy atom. The Balaban J connectivity index is 1.80. The Morgan fingerprint density at radius 3 is 2.60 bits per heavy atom. The normalized spacial score (nSPS) is 20.6. The van der Waals surface area contributed by atoms with Crippen LogP contribution in [-0.4, -0.2) is 42.9 Å². The summed E-state index contributed by atoms with van der Waals surface area (Å²) >= 11 is 0. The van der Waals surface area contributed by atoms with Gasteiger partial charge in [-0.15, -0.1) is 0 Å². The fraction of sp³-hybridized carbons (Fsp3) is 0.647. The zero-order chi connectivity index (χ0) is 14.5. The molecule has 0 aliphatic carbocycles. The molecule has 2 unspecified atom stereocenters. The molecule has 2 atom stereocenters. The maximum absolute atomic E-state index is 10.3. The highest BCUT2D eigenvalue weighted by Crippen LogP contribution is 2.20. The van der Waals surface area contributed by atoms with Crippen LogP contribution >= 0.6 is 0 Å². The maximum atomic E-state index is 10.3. The molecule has 1 fully saturated rings. The van der Waals surface area contributed by atoms with Crippen LogP contribution in [0.25, 0.3) is 0 Å². The van der Waals surface area contributed by atoms with Crippen LogP contribution in [-0.2, 0) is 4.74 Å². The highest BCUT2D eigenvalue weighted by molar-refractivity contribution is 5.29. The van der Waals surface area contributed by atoms with Gasteiger partial charge in [-0.25, -0.2) is 0 Å². The number of nitrogens with zero attached hydrogens (tertiary/aromatic N) is 1. The summed E-state index contributed by atoms with van der Waals surface area (Å²) in [6.07, 6.45) is 3.14. The first-order valence-corrected chi connectivity index (χ1v) is 7.61. The number of aryl methyl sites for hydroxylation is 2. The molecule has 1 N–H and O–H groups in total. The molecule has 0 amide bonds.